The van der Waals surface area contributed by atoms with Gasteiger partial charge in [0.25, 0.3) is 5.89 Å². The zero-order chi connectivity index (χ0) is 13.1. The molecule has 1 atom stereocenters. The van der Waals surface area contributed by atoms with Gasteiger partial charge < -0.3 is 19.5 Å². The SMILES string of the molecule is COC(C)Cc1noc(-c2cc(O)ccc2O)n1. The molecule has 96 valence electrons. The average Bonchev–Trinajstić information content (AvgIpc) is 2.80. The first-order chi connectivity index (χ1) is 8.60. The van der Waals surface area contributed by atoms with Gasteiger partial charge in [-0.25, -0.2) is 0 Å². The van der Waals surface area contributed by atoms with E-state index < -0.39 is 0 Å². The fourth-order valence-electron chi connectivity index (χ4n) is 1.48. The summed E-state index contributed by atoms with van der Waals surface area (Å²) in [7, 11) is 1.60. The van der Waals surface area contributed by atoms with E-state index in [4.69, 9.17) is 9.26 Å². The number of phenols is 2. The molecule has 2 N–H and O–H groups in total. The molecule has 0 amide bonds. The van der Waals surface area contributed by atoms with Gasteiger partial charge in [0.15, 0.2) is 5.82 Å². The van der Waals surface area contributed by atoms with E-state index >= 15 is 0 Å². The number of aromatic nitrogens is 2. The van der Waals surface area contributed by atoms with E-state index in [2.05, 4.69) is 10.1 Å². The lowest BCUT2D eigenvalue weighted by Gasteiger charge is -2.04. The lowest BCUT2D eigenvalue weighted by Crippen LogP contribution is -2.09. The number of phenolic OH excluding ortho intramolecular Hbond substituents is 2. The second-order valence-electron chi connectivity index (χ2n) is 3.97. The second kappa shape index (κ2) is 5.05. The molecule has 6 nitrogen and oxygen atoms in total. The molecule has 0 fully saturated rings. The normalized spacial score (nSPS) is 12.6. The van der Waals surface area contributed by atoms with E-state index in [1.165, 1.54) is 18.2 Å². The van der Waals surface area contributed by atoms with Crippen LogP contribution in [-0.2, 0) is 11.2 Å². The monoisotopic (exact) mass is 250 g/mol. The average molecular weight is 250 g/mol. The van der Waals surface area contributed by atoms with Gasteiger partial charge in [0, 0.05) is 13.5 Å². The predicted molar refractivity (Wildman–Crippen MR) is 63.2 cm³/mol. The number of rotatable bonds is 4. The Bertz CT molecular complexity index is 539. The van der Waals surface area contributed by atoms with Crippen LogP contribution in [0.4, 0.5) is 0 Å². The van der Waals surface area contributed by atoms with Crippen LogP contribution in [0.25, 0.3) is 11.5 Å². The molecule has 1 aromatic heterocycles. The first-order valence-electron chi connectivity index (χ1n) is 5.48. The maximum Gasteiger partial charge on any atom is 0.261 e. The third kappa shape index (κ3) is 2.60. The molecule has 0 aliphatic heterocycles. The van der Waals surface area contributed by atoms with Crippen LogP contribution in [0.15, 0.2) is 22.7 Å². The predicted octanol–water partition coefficient (Wildman–Crippen LogP) is 1.73. The number of ether oxygens (including phenoxy) is 1. The summed E-state index contributed by atoms with van der Waals surface area (Å²) >= 11 is 0. The number of hydrogen-bond donors (Lipinski definition) is 2. The second-order valence-corrected chi connectivity index (χ2v) is 3.97. The molecule has 1 aromatic carbocycles. The van der Waals surface area contributed by atoms with Crippen molar-refractivity contribution in [2.24, 2.45) is 0 Å². The van der Waals surface area contributed by atoms with E-state index in [1.807, 2.05) is 6.92 Å². The maximum atomic E-state index is 9.66. The molecule has 0 spiro atoms. The van der Waals surface area contributed by atoms with Crippen molar-refractivity contribution in [3.63, 3.8) is 0 Å². The van der Waals surface area contributed by atoms with Gasteiger partial charge in [-0.05, 0) is 25.1 Å². The standard InChI is InChI=1S/C12H14N2O4/c1-7(17-2)5-11-13-12(18-14-11)9-6-8(15)3-4-10(9)16/h3-4,6-7,15-16H,5H2,1-2H3. The minimum absolute atomic E-state index is 0.0202. The number of benzene rings is 1. The minimum Gasteiger partial charge on any atom is -0.508 e. The molecule has 0 saturated heterocycles. The number of aromatic hydroxyl groups is 2. The quantitative estimate of drug-likeness (QED) is 0.803. The van der Waals surface area contributed by atoms with Gasteiger partial charge in [0.1, 0.15) is 11.5 Å². The van der Waals surface area contributed by atoms with Crippen LogP contribution >= 0.6 is 0 Å². The van der Waals surface area contributed by atoms with Crippen molar-refractivity contribution in [2.45, 2.75) is 19.4 Å². The van der Waals surface area contributed by atoms with E-state index in [-0.39, 0.29) is 23.5 Å². The fraction of sp³-hybridized carbons (Fsp3) is 0.333. The third-order valence-corrected chi connectivity index (χ3v) is 2.55. The van der Waals surface area contributed by atoms with Crippen LogP contribution in [0, 0.1) is 0 Å². The molecule has 0 bridgehead atoms. The van der Waals surface area contributed by atoms with Gasteiger partial charge >= 0.3 is 0 Å². The zero-order valence-corrected chi connectivity index (χ0v) is 10.1. The maximum absolute atomic E-state index is 9.66. The molecule has 0 aliphatic carbocycles. The summed E-state index contributed by atoms with van der Waals surface area (Å²) < 4.78 is 10.1. The van der Waals surface area contributed by atoms with Gasteiger partial charge in [-0.1, -0.05) is 5.16 Å². The van der Waals surface area contributed by atoms with Crippen molar-refractivity contribution < 1.29 is 19.5 Å². The van der Waals surface area contributed by atoms with E-state index in [0.29, 0.717) is 17.8 Å². The Balaban J connectivity index is 2.26. The van der Waals surface area contributed by atoms with Gasteiger partial charge in [-0.3, -0.25) is 0 Å². The number of methoxy groups -OCH3 is 1. The van der Waals surface area contributed by atoms with Crippen LogP contribution in [0.3, 0.4) is 0 Å². The Labute approximate surface area is 104 Å². The van der Waals surface area contributed by atoms with Crippen molar-refractivity contribution in [2.75, 3.05) is 7.11 Å². The molecule has 6 heteroatoms. The lowest BCUT2D eigenvalue weighted by atomic mass is 10.2. The molecule has 0 radical (unpaired) electrons. The Morgan fingerprint density at radius 2 is 2.17 bits per heavy atom. The van der Waals surface area contributed by atoms with Crippen LogP contribution in [0.1, 0.15) is 12.7 Å². The molecule has 0 aliphatic rings. The largest absolute Gasteiger partial charge is 0.508 e. The summed E-state index contributed by atoms with van der Waals surface area (Å²) in [5.41, 5.74) is 0.304. The number of hydrogen-bond acceptors (Lipinski definition) is 6. The first kappa shape index (κ1) is 12.4. The Morgan fingerprint density at radius 3 is 2.89 bits per heavy atom. The molecule has 1 unspecified atom stereocenters. The molecule has 2 rings (SSSR count). The van der Waals surface area contributed by atoms with Crippen molar-refractivity contribution in [1.29, 1.82) is 0 Å². The lowest BCUT2D eigenvalue weighted by molar-refractivity contribution is 0.116. The Kier molecular flexibility index (Phi) is 3.47. The van der Waals surface area contributed by atoms with E-state index in [0.717, 1.165) is 0 Å². The third-order valence-electron chi connectivity index (χ3n) is 2.55. The van der Waals surface area contributed by atoms with Gasteiger partial charge in [-0.2, -0.15) is 4.98 Å². The van der Waals surface area contributed by atoms with Crippen LogP contribution in [0.2, 0.25) is 0 Å². The summed E-state index contributed by atoms with van der Waals surface area (Å²) in [6.07, 6.45) is 0.493. The highest BCUT2D eigenvalue weighted by atomic mass is 16.5. The molecule has 2 aromatic rings. The highest BCUT2D eigenvalue weighted by molar-refractivity contribution is 5.64. The van der Waals surface area contributed by atoms with Gasteiger partial charge in [0.2, 0.25) is 0 Å². The Hall–Kier alpha value is -2.08. The van der Waals surface area contributed by atoms with Crippen LogP contribution < -0.4 is 0 Å². The summed E-state index contributed by atoms with van der Waals surface area (Å²) in [6.45, 7) is 1.89. The van der Waals surface area contributed by atoms with E-state index in [9.17, 15) is 10.2 Å². The minimum atomic E-state index is -0.0252. The summed E-state index contributed by atoms with van der Waals surface area (Å²) in [4.78, 5) is 4.14. The zero-order valence-electron chi connectivity index (χ0n) is 10.1. The molecule has 1 heterocycles. The van der Waals surface area contributed by atoms with Crippen molar-refractivity contribution in [3.8, 4) is 23.0 Å². The Morgan fingerprint density at radius 1 is 1.39 bits per heavy atom. The molecular weight excluding hydrogens is 236 g/mol. The smallest absolute Gasteiger partial charge is 0.261 e. The van der Waals surface area contributed by atoms with Crippen molar-refractivity contribution >= 4 is 0 Å². The highest BCUT2D eigenvalue weighted by Gasteiger charge is 2.15. The van der Waals surface area contributed by atoms with E-state index in [1.54, 1.807) is 7.11 Å². The fourth-order valence-corrected chi connectivity index (χ4v) is 1.48. The van der Waals surface area contributed by atoms with Gasteiger partial charge in [0.05, 0.1) is 11.7 Å². The topological polar surface area (TPSA) is 88.6 Å². The highest BCUT2D eigenvalue weighted by Crippen LogP contribution is 2.30. The molecule has 18 heavy (non-hydrogen) atoms. The summed E-state index contributed by atoms with van der Waals surface area (Å²) in [6, 6.07) is 4.11. The molecular formula is C12H14N2O4. The number of nitrogens with zero attached hydrogens (tertiary/aromatic N) is 2. The van der Waals surface area contributed by atoms with Gasteiger partial charge in [-0.15, -0.1) is 0 Å². The summed E-state index contributed by atoms with van der Waals surface area (Å²) in [5.74, 6) is 0.652. The first-order valence-corrected chi connectivity index (χ1v) is 5.48. The molecule has 0 saturated carbocycles. The van der Waals surface area contributed by atoms with Crippen molar-refractivity contribution in [3.05, 3.63) is 24.0 Å². The van der Waals surface area contributed by atoms with Crippen molar-refractivity contribution in [1.82, 2.24) is 10.1 Å². The summed E-state index contributed by atoms with van der Waals surface area (Å²) in [5, 5.41) is 22.8. The van der Waals surface area contributed by atoms with Crippen LogP contribution in [-0.4, -0.2) is 33.6 Å². The van der Waals surface area contributed by atoms with Crippen LogP contribution in [0.5, 0.6) is 11.5 Å².